The Bertz CT molecular complexity index is 1070. The SMILES string of the molecule is COCCOc1cc2ccc(-c3ccc(C)cc3OC)cc2cc1C1=NCCN1.Cl. The van der Waals surface area contributed by atoms with Crippen molar-refractivity contribution in [3.05, 3.63) is 59.7 Å². The molecule has 0 bridgehead atoms. The fraction of sp³-hybridized carbons (Fsp3) is 0.292. The predicted octanol–water partition coefficient (Wildman–Crippen LogP) is 4.62. The molecule has 0 atom stereocenters. The van der Waals surface area contributed by atoms with Crippen molar-refractivity contribution >= 4 is 29.0 Å². The Morgan fingerprint density at radius 1 is 0.900 bits per heavy atom. The van der Waals surface area contributed by atoms with E-state index in [2.05, 4.69) is 65.8 Å². The number of halogens is 1. The largest absolute Gasteiger partial charge is 0.496 e. The molecule has 6 heteroatoms. The second-order valence-corrected chi connectivity index (χ2v) is 7.11. The number of methoxy groups -OCH3 is 2. The van der Waals surface area contributed by atoms with Gasteiger partial charge in [0.2, 0.25) is 0 Å². The number of hydrogen-bond donors (Lipinski definition) is 1. The number of amidine groups is 1. The highest BCUT2D eigenvalue weighted by Crippen LogP contribution is 2.34. The molecule has 0 spiro atoms. The van der Waals surface area contributed by atoms with Crippen molar-refractivity contribution in [1.82, 2.24) is 5.32 Å². The molecular weight excluding hydrogens is 400 g/mol. The molecule has 3 aromatic rings. The lowest BCUT2D eigenvalue weighted by Crippen LogP contribution is -2.20. The van der Waals surface area contributed by atoms with E-state index in [0.29, 0.717) is 13.2 Å². The molecule has 0 unspecified atom stereocenters. The highest BCUT2D eigenvalue weighted by molar-refractivity contribution is 6.06. The fourth-order valence-corrected chi connectivity index (χ4v) is 3.60. The number of hydrogen-bond acceptors (Lipinski definition) is 5. The van der Waals surface area contributed by atoms with Crippen LogP contribution in [0.2, 0.25) is 0 Å². The zero-order chi connectivity index (χ0) is 20.2. The summed E-state index contributed by atoms with van der Waals surface area (Å²) in [7, 11) is 3.39. The van der Waals surface area contributed by atoms with Crippen LogP contribution in [0.1, 0.15) is 11.1 Å². The molecule has 1 aliphatic rings. The van der Waals surface area contributed by atoms with E-state index in [9.17, 15) is 0 Å². The molecule has 5 nitrogen and oxygen atoms in total. The summed E-state index contributed by atoms with van der Waals surface area (Å²) in [5.74, 6) is 2.59. The highest BCUT2D eigenvalue weighted by atomic mass is 35.5. The van der Waals surface area contributed by atoms with Gasteiger partial charge in [0, 0.05) is 19.2 Å². The molecule has 0 radical (unpaired) electrons. The Morgan fingerprint density at radius 2 is 1.77 bits per heavy atom. The smallest absolute Gasteiger partial charge is 0.132 e. The summed E-state index contributed by atoms with van der Waals surface area (Å²) < 4.78 is 16.7. The van der Waals surface area contributed by atoms with Crippen LogP contribution in [0.5, 0.6) is 11.5 Å². The van der Waals surface area contributed by atoms with Gasteiger partial charge in [0.25, 0.3) is 0 Å². The average molecular weight is 427 g/mol. The van der Waals surface area contributed by atoms with Gasteiger partial charge in [-0.15, -0.1) is 12.4 Å². The van der Waals surface area contributed by atoms with Crippen LogP contribution in [0.3, 0.4) is 0 Å². The number of rotatable bonds is 7. The maximum Gasteiger partial charge on any atom is 0.132 e. The number of fused-ring (bicyclic) bond motifs is 1. The van der Waals surface area contributed by atoms with E-state index in [-0.39, 0.29) is 12.4 Å². The number of nitrogens with one attached hydrogen (secondary N) is 1. The zero-order valence-corrected chi connectivity index (χ0v) is 18.3. The summed E-state index contributed by atoms with van der Waals surface area (Å²) in [5, 5.41) is 5.61. The third-order valence-corrected chi connectivity index (χ3v) is 5.08. The molecule has 0 aromatic heterocycles. The fourth-order valence-electron chi connectivity index (χ4n) is 3.60. The monoisotopic (exact) mass is 426 g/mol. The van der Waals surface area contributed by atoms with Crippen LogP contribution in [0.4, 0.5) is 0 Å². The first-order valence-corrected chi connectivity index (χ1v) is 9.83. The van der Waals surface area contributed by atoms with Crippen molar-refractivity contribution in [2.45, 2.75) is 6.92 Å². The summed E-state index contributed by atoms with van der Waals surface area (Å²) in [6, 6.07) is 17.0. The first-order valence-electron chi connectivity index (χ1n) is 9.83. The molecule has 1 heterocycles. The first kappa shape index (κ1) is 21.9. The average Bonchev–Trinajstić information content (AvgIpc) is 3.27. The molecule has 4 rings (SSSR count). The second kappa shape index (κ2) is 9.83. The lowest BCUT2D eigenvalue weighted by Gasteiger charge is -2.15. The molecule has 3 aromatic carbocycles. The van der Waals surface area contributed by atoms with Crippen LogP contribution >= 0.6 is 12.4 Å². The van der Waals surface area contributed by atoms with Gasteiger partial charge in [-0.1, -0.05) is 24.3 Å². The van der Waals surface area contributed by atoms with E-state index < -0.39 is 0 Å². The van der Waals surface area contributed by atoms with Crippen LogP contribution in [0.15, 0.2) is 53.5 Å². The topological polar surface area (TPSA) is 52.1 Å². The molecule has 158 valence electrons. The summed E-state index contributed by atoms with van der Waals surface area (Å²) in [4.78, 5) is 4.59. The first-order chi connectivity index (χ1) is 14.2. The Hall–Kier alpha value is -2.76. The van der Waals surface area contributed by atoms with Crippen molar-refractivity contribution in [2.75, 3.05) is 40.5 Å². The third kappa shape index (κ3) is 4.53. The minimum Gasteiger partial charge on any atom is -0.496 e. The Labute approximate surface area is 183 Å². The van der Waals surface area contributed by atoms with Crippen molar-refractivity contribution in [3.8, 4) is 22.6 Å². The van der Waals surface area contributed by atoms with Gasteiger partial charge in [-0.05, 0) is 53.1 Å². The Morgan fingerprint density at radius 3 is 2.50 bits per heavy atom. The van der Waals surface area contributed by atoms with E-state index in [0.717, 1.165) is 57.9 Å². The maximum atomic E-state index is 6.00. The van der Waals surface area contributed by atoms with E-state index in [4.69, 9.17) is 14.2 Å². The van der Waals surface area contributed by atoms with Crippen molar-refractivity contribution in [1.29, 1.82) is 0 Å². The summed E-state index contributed by atoms with van der Waals surface area (Å²) in [6.45, 7) is 4.75. The van der Waals surface area contributed by atoms with Gasteiger partial charge < -0.3 is 19.5 Å². The number of nitrogens with zero attached hydrogens (tertiary/aromatic N) is 1. The second-order valence-electron chi connectivity index (χ2n) is 7.11. The molecule has 0 fully saturated rings. The van der Waals surface area contributed by atoms with Gasteiger partial charge in [0.15, 0.2) is 0 Å². The molecule has 0 aliphatic carbocycles. The van der Waals surface area contributed by atoms with Crippen LogP contribution < -0.4 is 14.8 Å². The minimum atomic E-state index is 0. The summed E-state index contributed by atoms with van der Waals surface area (Å²) in [5.41, 5.74) is 4.36. The zero-order valence-electron chi connectivity index (χ0n) is 17.5. The Kier molecular flexibility index (Phi) is 7.19. The normalized spacial score (nSPS) is 12.8. The van der Waals surface area contributed by atoms with E-state index >= 15 is 0 Å². The van der Waals surface area contributed by atoms with Crippen LogP contribution in [0, 0.1) is 6.92 Å². The van der Waals surface area contributed by atoms with Gasteiger partial charge in [0.05, 0.1) is 25.8 Å². The molecule has 0 saturated carbocycles. The van der Waals surface area contributed by atoms with E-state index in [1.54, 1.807) is 14.2 Å². The van der Waals surface area contributed by atoms with Crippen LogP contribution in [0.25, 0.3) is 21.9 Å². The third-order valence-electron chi connectivity index (χ3n) is 5.08. The van der Waals surface area contributed by atoms with Crippen molar-refractivity contribution in [2.24, 2.45) is 4.99 Å². The summed E-state index contributed by atoms with van der Waals surface area (Å²) in [6.07, 6.45) is 0. The number of aliphatic imine (C=N–C) groups is 1. The summed E-state index contributed by atoms with van der Waals surface area (Å²) >= 11 is 0. The lowest BCUT2D eigenvalue weighted by molar-refractivity contribution is 0.146. The standard InChI is InChI=1S/C24H26N2O3.ClH/c1-16-4-7-20(22(12-16)28-3)18-6-5-17-15-23(29-11-10-27-2)21(14-19(17)13-18)24-25-8-9-26-24;/h4-7,12-15H,8-11H2,1-3H3,(H,25,26);1H. The van der Waals surface area contributed by atoms with E-state index in [1.165, 1.54) is 5.56 Å². The van der Waals surface area contributed by atoms with Gasteiger partial charge in [-0.3, -0.25) is 4.99 Å². The van der Waals surface area contributed by atoms with Crippen LogP contribution in [-0.4, -0.2) is 46.4 Å². The predicted molar refractivity (Wildman–Crippen MR) is 125 cm³/mol. The lowest BCUT2D eigenvalue weighted by atomic mass is 9.97. The highest BCUT2D eigenvalue weighted by Gasteiger charge is 2.16. The molecule has 30 heavy (non-hydrogen) atoms. The van der Waals surface area contributed by atoms with E-state index in [1.807, 2.05) is 0 Å². The van der Waals surface area contributed by atoms with Crippen molar-refractivity contribution in [3.63, 3.8) is 0 Å². The number of aryl methyl sites for hydroxylation is 1. The quantitative estimate of drug-likeness (QED) is 0.560. The molecule has 1 aliphatic heterocycles. The molecule has 0 saturated heterocycles. The van der Waals surface area contributed by atoms with Gasteiger partial charge in [0.1, 0.15) is 23.9 Å². The van der Waals surface area contributed by atoms with Crippen molar-refractivity contribution < 1.29 is 14.2 Å². The molecule has 0 amide bonds. The molecular formula is C24H27ClN2O3. The van der Waals surface area contributed by atoms with Gasteiger partial charge in [-0.2, -0.15) is 0 Å². The number of ether oxygens (including phenoxy) is 3. The van der Waals surface area contributed by atoms with Gasteiger partial charge >= 0.3 is 0 Å². The van der Waals surface area contributed by atoms with Gasteiger partial charge in [-0.25, -0.2) is 0 Å². The number of benzene rings is 3. The maximum absolute atomic E-state index is 6.00. The Balaban J connectivity index is 0.00000256. The minimum absolute atomic E-state index is 0. The molecule has 1 N–H and O–H groups in total. The van der Waals surface area contributed by atoms with Crippen LogP contribution in [-0.2, 0) is 4.74 Å².